The van der Waals surface area contributed by atoms with Crippen LogP contribution in [0.3, 0.4) is 0 Å². The minimum Gasteiger partial charge on any atom is -0.354 e. The van der Waals surface area contributed by atoms with Crippen molar-refractivity contribution in [3.05, 3.63) is 83.9 Å². The van der Waals surface area contributed by atoms with Gasteiger partial charge in [0.25, 0.3) is 0 Å². The van der Waals surface area contributed by atoms with Crippen molar-refractivity contribution in [2.75, 3.05) is 6.54 Å². The molecule has 0 bridgehead atoms. The Labute approximate surface area is 167 Å². The molecule has 1 aromatic heterocycles. The molecule has 0 aliphatic heterocycles. The van der Waals surface area contributed by atoms with Crippen molar-refractivity contribution in [3.63, 3.8) is 0 Å². The van der Waals surface area contributed by atoms with Crippen LogP contribution in [0.4, 0.5) is 0 Å². The van der Waals surface area contributed by atoms with Gasteiger partial charge in [-0.2, -0.15) is 0 Å². The van der Waals surface area contributed by atoms with Gasteiger partial charge in [-0.15, -0.1) is 0 Å². The van der Waals surface area contributed by atoms with Crippen LogP contribution in [0.2, 0.25) is 0 Å². The van der Waals surface area contributed by atoms with Gasteiger partial charge in [-0.1, -0.05) is 67.6 Å². The Morgan fingerprint density at radius 1 is 0.786 bits per heavy atom. The van der Waals surface area contributed by atoms with Gasteiger partial charge in [0.2, 0.25) is 0 Å². The molecule has 4 aromatic rings. The molecule has 2 nitrogen and oxygen atoms in total. The lowest BCUT2D eigenvalue weighted by molar-refractivity contribution is 0.748. The fraction of sp³-hybridized carbons (Fsp3) is 0.231. The Kier molecular flexibility index (Phi) is 5.59. The summed E-state index contributed by atoms with van der Waals surface area (Å²) in [5, 5.41) is 1.36. The maximum absolute atomic E-state index is 5.74. The molecule has 3 aromatic carbocycles. The molecule has 0 spiro atoms. The number of hydrogen-bond acceptors (Lipinski definition) is 1. The van der Waals surface area contributed by atoms with E-state index in [0.717, 1.165) is 32.2 Å². The number of nitrogens with two attached hydrogens (primary N) is 1. The van der Waals surface area contributed by atoms with E-state index in [1.807, 2.05) is 0 Å². The SMILES string of the molecule is CCc1ccc2[nH]c(-c3ccc(-c4ccccc4)cc3)c(CCCCN)c2c1. The predicted octanol–water partition coefficient (Wildman–Crippen LogP) is 6.35. The molecule has 3 N–H and O–H groups in total. The zero-order valence-corrected chi connectivity index (χ0v) is 16.5. The lowest BCUT2D eigenvalue weighted by Crippen LogP contribution is -1.99. The van der Waals surface area contributed by atoms with Gasteiger partial charge in [0.15, 0.2) is 0 Å². The van der Waals surface area contributed by atoms with Crippen molar-refractivity contribution in [3.8, 4) is 22.4 Å². The third-order valence-electron chi connectivity index (χ3n) is 5.54. The van der Waals surface area contributed by atoms with Gasteiger partial charge < -0.3 is 10.7 Å². The molecule has 28 heavy (non-hydrogen) atoms. The number of unbranched alkanes of at least 4 members (excludes halogenated alkanes) is 1. The molecule has 4 rings (SSSR count). The molecule has 0 saturated carbocycles. The van der Waals surface area contributed by atoms with Gasteiger partial charge >= 0.3 is 0 Å². The van der Waals surface area contributed by atoms with Crippen molar-refractivity contribution in [2.24, 2.45) is 5.73 Å². The van der Waals surface area contributed by atoms with Crippen LogP contribution >= 0.6 is 0 Å². The molecule has 0 amide bonds. The Hall–Kier alpha value is -2.84. The molecule has 0 atom stereocenters. The number of hydrogen-bond donors (Lipinski definition) is 2. The average molecular weight is 369 g/mol. The molecule has 2 heteroatoms. The van der Waals surface area contributed by atoms with Crippen LogP contribution in [0.25, 0.3) is 33.3 Å². The van der Waals surface area contributed by atoms with E-state index in [9.17, 15) is 0 Å². The highest BCUT2D eigenvalue weighted by atomic mass is 14.7. The first kappa shape index (κ1) is 18.5. The van der Waals surface area contributed by atoms with E-state index in [1.54, 1.807) is 0 Å². The topological polar surface area (TPSA) is 41.8 Å². The Morgan fingerprint density at radius 3 is 2.21 bits per heavy atom. The molecular weight excluding hydrogens is 340 g/mol. The van der Waals surface area contributed by atoms with Crippen molar-refractivity contribution in [1.29, 1.82) is 0 Å². The first-order valence-electron chi connectivity index (χ1n) is 10.3. The van der Waals surface area contributed by atoms with E-state index in [0.29, 0.717) is 0 Å². The summed E-state index contributed by atoms with van der Waals surface area (Å²) in [7, 11) is 0. The third kappa shape index (κ3) is 3.74. The standard InChI is InChI=1S/C26H28N2/c1-2-19-11-16-25-24(18-19)23(10-6-7-17-27)26(28-25)22-14-12-21(13-15-22)20-8-4-3-5-9-20/h3-5,8-9,11-16,18,28H,2,6-7,10,17,27H2,1H3. The first-order chi connectivity index (χ1) is 13.8. The second-order valence-corrected chi connectivity index (χ2v) is 7.40. The quantitative estimate of drug-likeness (QED) is 0.367. The zero-order chi connectivity index (χ0) is 19.3. The second-order valence-electron chi connectivity index (χ2n) is 7.40. The van der Waals surface area contributed by atoms with Gasteiger partial charge in [-0.05, 0) is 72.2 Å². The van der Waals surface area contributed by atoms with Gasteiger partial charge in [-0.25, -0.2) is 0 Å². The molecule has 0 aliphatic rings. The highest BCUT2D eigenvalue weighted by molar-refractivity contribution is 5.91. The summed E-state index contributed by atoms with van der Waals surface area (Å²) in [5.74, 6) is 0. The number of aromatic amines is 1. The van der Waals surface area contributed by atoms with Gasteiger partial charge in [0.05, 0.1) is 0 Å². The lowest BCUT2D eigenvalue weighted by Gasteiger charge is -2.07. The summed E-state index contributed by atoms with van der Waals surface area (Å²) < 4.78 is 0. The molecule has 0 unspecified atom stereocenters. The number of benzene rings is 3. The highest BCUT2D eigenvalue weighted by Crippen LogP contribution is 2.33. The van der Waals surface area contributed by atoms with Crippen LogP contribution in [0.1, 0.15) is 30.9 Å². The molecule has 142 valence electrons. The summed E-state index contributed by atoms with van der Waals surface area (Å²) >= 11 is 0. The fourth-order valence-corrected chi connectivity index (χ4v) is 3.93. The Morgan fingerprint density at radius 2 is 1.50 bits per heavy atom. The number of fused-ring (bicyclic) bond motifs is 1. The van der Waals surface area contributed by atoms with Crippen LogP contribution in [-0.2, 0) is 12.8 Å². The molecular formula is C26H28N2. The van der Waals surface area contributed by atoms with Crippen LogP contribution in [-0.4, -0.2) is 11.5 Å². The number of aryl methyl sites for hydroxylation is 2. The largest absolute Gasteiger partial charge is 0.354 e. The molecule has 0 aliphatic carbocycles. The highest BCUT2D eigenvalue weighted by Gasteiger charge is 2.13. The van der Waals surface area contributed by atoms with Crippen LogP contribution in [0.15, 0.2) is 72.8 Å². The van der Waals surface area contributed by atoms with Crippen LogP contribution in [0.5, 0.6) is 0 Å². The van der Waals surface area contributed by atoms with E-state index in [2.05, 4.69) is 84.7 Å². The summed E-state index contributed by atoms with van der Waals surface area (Å²) in [5.41, 5.74) is 14.8. The Balaban J connectivity index is 1.75. The van der Waals surface area contributed by atoms with E-state index in [4.69, 9.17) is 5.73 Å². The molecule has 0 saturated heterocycles. The van der Waals surface area contributed by atoms with Crippen LogP contribution < -0.4 is 5.73 Å². The maximum Gasteiger partial charge on any atom is 0.0497 e. The fourth-order valence-electron chi connectivity index (χ4n) is 3.93. The van der Waals surface area contributed by atoms with Crippen LogP contribution in [0, 0.1) is 0 Å². The zero-order valence-electron chi connectivity index (χ0n) is 16.5. The normalized spacial score (nSPS) is 11.2. The molecule has 1 heterocycles. The summed E-state index contributed by atoms with van der Waals surface area (Å²) in [6, 6.07) is 26.3. The van der Waals surface area contributed by atoms with Crippen molar-refractivity contribution in [1.82, 2.24) is 4.98 Å². The number of aromatic nitrogens is 1. The van der Waals surface area contributed by atoms with Gasteiger partial charge in [0.1, 0.15) is 0 Å². The van der Waals surface area contributed by atoms with Crippen molar-refractivity contribution >= 4 is 10.9 Å². The molecule has 0 radical (unpaired) electrons. The summed E-state index contributed by atoms with van der Waals surface area (Å²) in [4.78, 5) is 3.69. The first-order valence-corrected chi connectivity index (χ1v) is 10.3. The Bertz CT molecular complexity index is 1040. The lowest BCUT2D eigenvalue weighted by atomic mass is 9.97. The summed E-state index contributed by atoms with van der Waals surface area (Å²) in [6.45, 7) is 2.97. The molecule has 0 fully saturated rings. The minimum absolute atomic E-state index is 0.754. The van der Waals surface area contributed by atoms with E-state index >= 15 is 0 Å². The second kappa shape index (κ2) is 8.45. The van der Waals surface area contributed by atoms with E-state index in [-0.39, 0.29) is 0 Å². The van der Waals surface area contributed by atoms with E-state index in [1.165, 1.54) is 44.4 Å². The van der Waals surface area contributed by atoms with Crippen molar-refractivity contribution < 1.29 is 0 Å². The maximum atomic E-state index is 5.74. The number of rotatable bonds is 7. The third-order valence-corrected chi connectivity index (χ3v) is 5.54. The summed E-state index contributed by atoms with van der Waals surface area (Å²) in [6.07, 6.45) is 4.30. The van der Waals surface area contributed by atoms with Gasteiger partial charge in [0, 0.05) is 16.6 Å². The number of H-pyrrole nitrogens is 1. The smallest absolute Gasteiger partial charge is 0.0497 e. The predicted molar refractivity (Wildman–Crippen MR) is 121 cm³/mol. The van der Waals surface area contributed by atoms with Crippen molar-refractivity contribution in [2.45, 2.75) is 32.6 Å². The average Bonchev–Trinajstić information content (AvgIpc) is 3.12. The van der Waals surface area contributed by atoms with E-state index < -0.39 is 0 Å². The number of nitrogens with one attached hydrogen (secondary N) is 1. The monoisotopic (exact) mass is 368 g/mol. The minimum atomic E-state index is 0.754. The van der Waals surface area contributed by atoms with Gasteiger partial charge in [-0.3, -0.25) is 0 Å².